The Balaban J connectivity index is 1.82. The van der Waals surface area contributed by atoms with Gasteiger partial charge in [-0.3, -0.25) is 10.1 Å². The normalized spacial score (nSPS) is 10.8. The Morgan fingerprint density at radius 2 is 1.77 bits per heavy atom. The number of aromatic nitrogens is 1. The fourth-order valence-corrected chi connectivity index (χ4v) is 2.99. The number of hydrogen-bond donors (Lipinski definition) is 1. The third kappa shape index (κ3) is 3.45. The van der Waals surface area contributed by atoms with E-state index in [2.05, 4.69) is 10.3 Å². The van der Waals surface area contributed by atoms with Crippen molar-refractivity contribution in [3.8, 4) is 11.3 Å². The van der Waals surface area contributed by atoms with E-state index in [1.165, 1.54) is 0 Å². The molecule has 0 unspecified atom stereocenters. The maximum atomic E-state index is 13.7. The van der Waals surface area contributed by atoms with Crippen molar-refractivity contribution >= 4 is 22.4 Å². The molecule has 1 heterocycles. The largest absolute Gasteiger partial charge is 0.298 e. The average molecular weight is 380 g/mol. The van der Waals surface area contributed by atoms with Gasteiger partial charge in [-0.15, -0.1) is 11.3 Å². The molecule has 26 heavy (non-hydrogen) atoms. The number of carbonyl (C=O) groups excluding carboxylic acids is 1. The molecule has 0 aliphatic heterocycles. The lowest BCUT2D eigenvalue weighted by molar-refractivity contribution is 0.102. The quantitative estimate of drug-likeness (QED) is 0.385. The van der Waals surface area contributed by atoms with Gasteiger partial charge in [-0.2, -0.15) is 0 Å². The van der Waals surface area contributed by atoms with Crippen molar-refractivity contribution in [1.82, 2.24) is 4.98 Å². The second-order valence-corrected chi connectivity index (χ2v) is 6.25. The van der Waals surface area contributed by atoms with E-state index in [9.17, 15) is 22.4 Å². The molecule has 2 aromatic carbocycles. The van der Waals surface area contributed by atoms with Crippen LogP contribution in [-0.4, -0.2) is 10.9 Å². The zero-order valence-corrected chi connectivity index (χ0v) is 14.3. The molecule has 1 aromatic heterocycles. The number of nitrogens with zero attached hydrogens (tertiary/aromatic N) is 1. The number of nitrogens with one attached hydrogen (secondary N) is 1. The molecule has 3 aromatic rings. The Morgan fingerprint density at radius 3 is 2.42 bits per heavy atom. The third-order valence-electron chi connectivity index (χ3n) is 3.73. The van der Waals surface area contributed by atoms with Gasteiger partial charge in [-0.1, -0.05) is 31.2 Å². The summed E-state index contributed by atoms with van der Waals surface area (Å²) in [6.07, 6.45) is 0.898. The lowest BCUT2D eigenvalue weighted by Crippen LogP contribution is -2.16. The number of rotatable bonds is 4. The number of aryl methyl sites for hydroxylation is 1. The minimum absolute atomic E-state index is 0.120. The van der Waals surface area contributed by atoms with Crippen LogP contribution in [0.25, 0.3) is 11.3 Å². The monoisotopic (exact) mass is 380 g/mol. The number of thiazole rings is 1. The molecular formula is C18H12F4N2OS. The summed E-state index contributed by atoms with van der Waals surface area (Å²) >= 11 is 1.07. The summed E-state index contributed by atoms with van der Waals surface area (Å²) in [5.41, 5.74) is 1.63. The van der Waals surface area contributed by atoms with Crippen LogP contribution in [0.5, 0.6) is 0 Å². The summed E-state index contributed by atoms with van der Waals surface area (Å²) in [5.74, 6) is -8.53. The predicted molar refractivity (Wildman–Crippen MR) is 91.2 cm³/mol. The van der Waals surface area contributed by atoms with Crippen LogP contribution in [0.3, 0.4) is 0 Å². The van der Waals surface area contributed by atoms with Crippen LogP contribution in [-0.2, 0) is 6.42 Å². The molecule has 0 aliphatic rings. The highest BCUT2D eigenvalue weighted by Gasteiger charge is 2.23. The van der Waals surface area contributed by atoms with E-state index >= 15 is 0 Å². The van der Waals surface area contributed by atoms with Gasteiger partial charge >= 0.3 is 0 Å². The molecule has 1 N–H and O–H groups in total. The summed E-state index contributed by atoms with van der Waals surface area (Å²) in [6, 6.07) is 7.97. The molecular weight excluding hydrogens is 368 g/mol. The lowest BCUT2D eigenvalue weighted by atomic mass is 10.1. The molecule has 0 fully saturated rings. The Morgan fingerprint density at radius 1 is 1.08 bits per heavy atom. The van der Waals surface area contributed by atoms with Crippen molar-refractivity contribution in [1.29, 1.82) is 0 Å². The molecule has 0 atom stereocenters. The van der Waals surface area contributed by atoms with E-state index in [0.717, 1.165) is 28.9 Å². The minimum atomic E-state index is -2.04. The number of anilines is 1. The van der Waals surface area contributed by atoms with Crippen LogP contribution in [0.4, 0.5) is 22.7 Å². The molecule has 3 rings (SSSR count). The maximum absolute atomic E-state index is 13.7. The SMILES string of the molecule is CCc1ccc(-c2csc(NC(=O)c3cc(F)c(F)c(F)c3F)n2)cc1. The Bertz CT molecular complexity index is 970. The van der Waals surface area contributed by atoms with Gasteiger partial charge < -0.3 is 0 Å². The second-order valence-electron chi connectivity index (χ2n) is 5.39. The molecule has 0 radical (unpaired) electrons. The summed E-state index contributed by atoms with van der Waals surface area (Å²) in [7, 11) is 0. The minimum Gasteiger partial charge on any atom is -0.298 e. The van der Waals surface area contributed by atoms with Gasteiger partial charge in [0.15, 0.2) is 28.4 Å². The lowest BCUT2D eigenvalue weighted by Gasteiger charge is -2.05. The highest BCUT2D eigenvalue weighted by Crippen LogP contribution is 2.26. The molecule has 0 saturated carbocycles. The number of carbonyl (C=O) groups is 1. The summed E-state index contributed by atoms with van der Waals surface area (Å²) in [5, 5.41) is 4.06. The Kier molecular flexibility index (Phi) is 5.03. The molecule has 0 saturated heterocycles. The molecule has 0 spiro atoms. The van der Waals surface area contributed by atoms with Gasteiger partial charge in [-0.25, -0.2) is 22.5 Å². The summed E-state index contributed by atoms with van der Waals surface area (Å²) < 4.78 is 53.1. The van der Waals surface area contributed by atoms with Crippen LogP contribution in [0.1, 0.15) is 22.8 Å². The maximum Gasteiger partial charge on any atom is 0.260 e. The highest BCUT2D eigenvalue weighted by molar-refractivity contribution is 7.14. The fraction of sp³-hybridized carbons (Fsp3) is 0.111. The Labute approximate surface area is 150 Å². The first kappa shape index (κ1) is 18.1. The fourth-order valence-electron chi connectivity index (χ4n) is 2.28. The molecule has 1 amide bonds. The van der Waals surface area contributed by atoms with Crippen molar-refractivity contribution in [3.05, 3.63) is 70.1 Å². The smallest absolute Gasteiger partial charge is 0.260 e. The molecule has 3 nitrogen and oxygen atoms in total. The van der Waals surface area contributed by atoms with Crippen molar-refractivity contribution in [3.63, 3.8) is 0 Å². The van der Waals surface area contributed by atoms with E-state index in [1.54, 1.807) is 5.38 Å². The molecule has 0 bridgehead atoms. The van der Waals surface area contributed by atoms with E-state index < -0.39 is 34.7 Å². The first-order chi connectivity index (χ1) is 12.4. The second kappa shape index (κ2) is 7.25. The van der Waals surface area contributed by atoms with Crippen LogP contribution in [0.15, 0.2) is 35.7 Å². The van der Waals surface area contributed by atoms with E-state index in [0.29, 0.717) is 11.8 Å². The number of hydrogen-bond acceptors (Lipinski definition) is 3. The van der Waals surface area contributed by atoms with Crippen molar-refractivity contribution < 1.29 is 22.4 Å². The van der Waals surface area contributed by atoms with Crippen LogP contribution in [0, 0.1) is 23.3 Å². The summed E-state index contributed by atoms with van der Waals surface area (Å²) in [4.78, 5) is 16.2. The molecule has 0 aliphatic carbocycles. The number of amides is 1. The summed E-state index contributed by atoms with van der Waals surface area (Å²) in [6.45, 7) is 2.03. The number of halogens is 4. The van der Waals surface area contributed by atoms with Gasteiger partial charge in [0.1, 0.15) is 0 Å². The van der Waals surface area contributed by atoms with E-state index in [1.807, 2.05) is 31.2 Å². The highest BCUT2D eigenvalue weighted by atomic mass is 32.1. The molecule has 8 heteroatoms. The van der Waals surface area contributed by atoms with E-state index in [4.69, 9.17) is 0 Å². The van der Waals surface area contributed by atoms with Crippen molar-refractivity contribution in [2.75, 3.05) is 5.32 Å². The van der Waals surface area contributed by atoms with Gasteiger partial charge in [0.05, 0.1) is 11.3 Å². The zero-order chi connectivity index (χ0) is 18.8. The zero-order valence-electron chi connectivity index (χ0n) is 13.4. The van der Waals surface area contributed by atoms with Crippen molar-refractivity contribution in [2.24, 2.45) is 0 Å². The van der Waals surface area contributed by atoms with Gasteiger partial charge in [0, 0.05) is 10.9 Å². The average Bonchev–Trinajstić information content (AvgIpc) is 3.11. The Hall–Kier alpha value is -2.74. The van der Waals surface area contributed by atoms with Crippen molar-refractivity contribution in [2.45, 2.75) is 13.3 Å². The van der Waals surface area contributed by atoms with Gasteiger partial charge in [0.25, 0.3) is 5.91 Å². The predicted octanol–water partition coefficient (Wildman–Crippen LogP) is 5.18. The standard InChI is InChI=1S/C18H12F4N2OS/c1-2-9-3-5-10(6-4-9)13-8-26-18(23-13)24-17(25)11-7-12(19)15(21)16(22)14(11)20/h3-8H,2H2,1H3,(H,23,24,25). The first-order valence-electron chi connectivity index (χ1n) is 7.60. The molecule has 134 valence electrons. The van der Waals surface area contributed by atoms with Crippen LogP contribution >= 0.6 is 11.3 Å². The first-order valence-corrected chi connectivity index (χ1v) is 8.47. The number of benzene rings is 2. The topological polar surface area (TPSA) is 42.0 Å². The van der Waals surface area contributed by atoms with Gasteiger partial charge in [0.2, 0.25) is 0 Å². The van der Waals surface area contributed by atoms with Gasteiger partial charge in [-0.05, 0) is 18.1 Å². The van der Waals surface area contributed by atoms with Crippen LogP contribution < -0.4 is 5.32 Å². The van der Waals surface area contributed by atoms with E-state index in [-0.39, 0.29) is 5.13 Å². The third-order valence-corrected chi connectivity index (χ3v) is 4.49. The van der Waals surface area contributed by atoms with Crippen LogP contribution in [0.2, 0.25) is 0 Å².